The lowest BCUT2D eigenvalue weighted by atomic mass is 10.1. The summed E-state index contributed by atoms with van der Waals surface area (Å²) in [6.45, 7) is -0.248. The number of carbonyl (C=O) groups excluding carboxylic acids is 1. The molecule has 0 spiro atoms. The molecule has 4 nitrogen and oxygen atoms in total. The molecule has 1 atom stereocenters. The normalized spacial score (nSPS) is 15.7. The van der Waals surface area contributed by atoms with Crippen LogP contribution in [0.1, 0.15) is 21.5 Å². The molecule has 1 aliphatic carbocycles. The standard InChI is InChI=1S/C22H14F6N2O2S/c23-21(24,25)17-9-4-13(11-29)10-19(17)32-12-15-2-1-3-18(15)30-20(31)14-5-7-16(8-6-14)33-22(26,27)28/h1-10,15H,12H2,(H,30,31). The van der Waals surface area contributed by atoms with Crippen molar-refractivity contribution in [2.24, 2.45) is 5.92 Å². The molecular formula is C22H14F6N2O2S. The Morgan fingerprint density at radius 2 is 1.79 bits per heavy atom. The van der Waals surface area contributed by atoms with Crippen molar-refractivity contribution in [3.8, 4) is 11.8 Å². The highest BCUT2D eigenvalue weighted by Gasteiger charge is 2.35. The first kappa shape index (κ1) is 24.3. The van der Waals surface area contributed by atoms with E-state index >= 15 is 0 Å². The minimum absolute atomic E-state index is 0.00355. The quantitative estimate of drug-likeness (QED) is 0.400. The van der Waals surface area contributed by atoms with Gasteiger partial charge in [-0.15, -0.1) is 0 Å². The molecule has 0 fully saturated rings. The molecule has 2 aromatic carbocycles. The molecule has 0 saturated carbocycles. The molecule has 0 saturated heterocycles. The summed E-state index contributed by atoms with van der Waals surface area (Å²) < 4.78 is 82.3. The predicted molar refractivity (Wildman–Crippen MR) is 108 cm³/mol. The first-order chi connectivity index (χ1) is 15.5. The van der Waals surface area contributed by atoms with E-state index in [9.17, 15) is 31.1 Å². The van der Waals surface area contributed by atoms with E-state index in [0.717, 1.165) is 30.3 Å². The van der Waals surface area contributed by atoms with Crippen LogP contribution in [-0.4, -0.2) is 18.0 Å². The van der Waals surface area contributed by atoms with E-state index in [0.29, 0.717) is 5.70 Å². The Kier molecular flexibility index (Phi) is 7.07. The molecule has 11 heteroatoms. The SMILES string of the molecule is N#Cc1ccc(C(F)(F)F)c(OCC2C=CC=C2NC(=O)c2ccc(SC(F)(F)F)cc2)c1. The van der Waals surface area contributed by atoms with Crippen molar-refractivity contribution in [1.82, 2.24) is 5.32 Å². The van der Waals surface area contributed by atoms with E-state index < -0.39 is 34.8 Å². The van der Waals surface area contributed by atoms with E-state index in [1.165, 1.54) is 18.2 Å². The molecule has 172 valence electrons. The largest absolute Gasteiger partial charge is 0.492 e. The van der Waals surface area contributed by atoms with Crippen LogP contribution in [-0.2, 0) is 6.18 Å². The Balaban J connectivity index is 1.66. The van der Waals surface area contributed by atoms with Gasteiger partial charge in [-0.05, 0) is 60.3 Å². The summed E-state index contributed by atoms with van der Waals surface area (Å²) in [5.41, 5.74) is -5.03. The highest BCUT2D eigenvalue weighted by atomic mass is 32.2. The fourth-order valence-corrected chi connectivity index (χ4v) is 3.48. The van der Waals surface area contributed by atoms with Crippen LogP contribution in [0.25, 0.3) is 0 Å². The number of nitriles is 1. The van der Waals surface area contributed by atoms with Crippen LogP contribution < -0.4 is 10.1 Å². The van der Waals surface area contributed by atoms with Gasteiger partial charge < -0.3 is 10.1 Å². The molecule has 0 radical (unpaired) electrons. The van der Waals surface area contributed by atoms with Crippen molar-refractivity contribution in [3.05, 3.63) is 83.1 Å². The molecular weight excluding hydrogens is 470 g/mol. The number of thioether (sulfide) groups is 1. The first-order valence-electron chi connectivity index (χ1n) is 9.26. The van der Waals surface area contributed by atoms with E-state index in [4.69, 9.17) is 10.00 Å². The number of ether oxygens (including phenoxy) is 1. The molecule has 33 heavy (non-hydrogen) atoms. The summed E-state index contributed by atoms with van der Waals surface area (Å²) in [5, 5.41) is 11.5. The second-order valence-electron chi connectivity index (χ2n) is 6.77. The Morgan fingerprint density at radius 1 is 1.09 bits per heavy atom. The van der Waals surface area contributed by atoms with Gasteiger partial charge >= 0.3 is 11.7 Å². The average molecular weight is 484 g/mol. The number of benzene rings is 2. The fourth-order valence-electron chi connectivity index (χ4n) is 2.94. The van der Waals surface area contributed by atoms with Gasteiger partial charge in [0.05, 0.1) is 29.7 Å². The number of hydrogen-bond donors (Lipinski definition) is 1. The molecule has 2 aromatic rings. The van der Waals surface area contributed by atoms with Crippen LogP contribution in [0.4, 0.5) is 26.3 Å². The summed E-state index contributed by atoms with van der Waals surface area (Å²) in [6.07, 6.45) is 0.0532. The van der Waals surface area contributed by atoms with Gasteiger partial charge in [0.1, 0.15) is 5.75 Å². The van der Waals surface area contributed by atoms with Crippen molar-refractivity contribution in [1.29, 1.82) is 5.26 Å². The predicted octanol–water partition coefficient (Wildman–Crippen LogP) is 6.07. The molecule has 1 N–H and O–H groups in total. The van der Waals surface area contributed by atoms with Gasteiger partial charge in [-0.1, -0.05) is 12.2 Å². The average Bonchev–Trinajstić information content (AvgIpc) is 3.17. The minimum atomic E-state index is -4.68. The van der Waals surface area contributed by atoms with Gasteiger partial charge in [-0.3, -0.25) is 4.79 Å². The molecule has 1 amide bonds. The Bertz CT molecular complexity index is 1130. The summed E-state index contributed by atoms with van der Waals surface area (Å²) >= 11 is -0.305. The van der Waals surface area contributed by atoms with Crippen LogP contribution in [0.2, 0.25) is 0 Å². The highest BCUT2D eigenvalue weighted by molar-refractivity contribution is 8.00. The lowest BCUT2D eigenvalue weighted by Gasteiger charge is -2.19. The van der Waals surface area contributed by atoms with Gasteiger partial charge in [-0.25, -0.2) is 0 Å². The van der Waals surface area contributed by atoms with Gasteiger partial charge in [0.25, 0.3) is 5.91 Å². The number of amides is 1. The second-order valence-corrected chi connectivity index (χ2v) is 7.91. The Hall–Kier alpha value is -3.39. The van der Waals surface area contributed by atoms with E-state index in [2.05, 4.69) is 5.32 Å². The van der Waals surface area contributed by atoms with Crippen LogP contribution in [0.15, 0.2) is 71.3 Å². The third-order valence-corrected chi connectivity index (χ3v) is 5.20. The number of carbonyl (C=O) groups is 1. The van der Waals surface area contributed by atoms with Gasteiger partial charge in [0.2, 0.25) is 0 Å². The van der Waals surface area contributed by atoms with E-state index in [1.807, 2.05) is 0 Å². The van der Waals surface area contributed by atoms with Gasteiger partial charge in [0, 0.05) is 16.2 Å². The lowest BCUT2D eigenvalue weighted by Crippen LogP contribution is -2.28. The first-order valence-corrected chi connectivity index (χ1v) is 10.1. The third kappa shape index (κ3) is 6.55. The third-order valence-electron chi connectivity index (χ3n) is 4.46. The van der Waals surface area contributed by atoms with Gasteiger partial charge in [0.15, 0.2) is 0 Å². The second kappa shape index (κ2) is 9.62. The number of alkyl halides is 6. The molecule has 1 aliphatic rings. The van der Waals surface area contributed by atoms with E-state index in [1.54, 1.807) is 18.2 Å². The number of nitrogens with zero attached hydrogens (tertiary/aromatic N) is 1. The monoisotopic (exact) mass is 484 g/mol. The van der Waals surface area contributed by atoms with E-state index in [-0.39, 0.29) is 34.4 Å². The van der Waals surface area contributed by atoms with Crippen LogP contribution in [0, 0.1) is 17.2 Å². The number of nitrogens with one attached hydrogen (secondary N) is 1. The fraction of sp³-hybridized carbons (Fsp3) is 0.182. The smallest absolute Gasteiger partial charge is 0.446 e. The zero-order valence-electron chi connectivity index (χ0n) is 16.5. The molecule has 3 rings (SSSR count). The number of halogens is 6. The van der Waals surface area contributed by atoms with Gasteiger partial charge in [-0.2, -0.15) is 31.6 Å². The maximum atomic E-state index is 13.2. The van der Waals surface area contributed by atoms with Crippen molar-refractivity contribution in [2.75, 3.05) is 6.61 Å². The summed E-state index contributed by atoms with van der Waals surface area (Å²) in [7, 11) is 0. The van der Waals surface area contributed by atoms with Crippen molar-refractivity contribution in [2.45, 2.75) is 16.6 Å². The summed E-state index contributed by atoms with van der Waals surface area (Å²) in [6, 6.07) is 9.34. The zero-order valence-corrected chi connectivity index (χ0v) is 17.3. The molecule has 0 aromatic heterocycles. The Morgan fingerprint density at radius 3 is 2.39 bits per heavy atom. The highest BCUT2D eigenvalue weighted by Crippen LogP contribution is 2.38. The number of hydrogen-bond acceptors (Lipinski definition) is 4. The van der Waals surface area contributed by atoms with Crippen molar-refractivity contribution < 1.29 is 35.9 Å². The molecule has 0 heterocycles. The summed E-state index contributed by atoms with van der Waals surface area (Å²) in [4.78, 5) is 12.4. The minimum Gasteiger partial charge on any atom is -0.492 e. The number of rotatable bonds is 6. The van der Waals surface area contributed by atoms with Crippen LogP contribution in [0.5, 0.6) is 5.75 Å². The molecule has 1 unspecified atom stereocenters. The molecule has 0 aliphatic heterocycles. The van der Waals surface area contributed by atoms with Crippen molar-refractivity contribution >= 4 is 17.7 Å². The molecule has 0 bridgehead atoms. The van der Waals surface area contributed by atoms with Crippen molar-refractivity contribution in [3.63, 3.8) is 0 Å². The summed E-state index contributed by atoms with van der Waals surface area (Å²) in [5.74, 6) is -1.69. The maximum Gasteiger partial charge on any atom is 0.446 e. The van der Waals surface area contributed by atoms with Crippen LogP contribution in [0.3, 0.4) is 0 Å². The lowest BCUT2D eigenvalue weighted by molar-refractivity contribution is -0.139. The zero-order chi connectivity index (χ0) is 24.2. The number of allylic oxidation sites excluding steroid dienone is 2. The topological polar surface area (TPSA) is 62.1 Å². The van der Waals surface area contributed by atoms with Crippen LogP contribution >= 0.6 is 11.8 Å². The maximum absolute atomic E-state index is 13.2. The Labute approximate surface area is 188 Å².